The molecule has 2 N–H and O–H groups in total. The zero-order valence-electron chi connectivity index (χ0n) is 14.8. The number of aryl methyl sites for hydroxylation is 1. The molecule has 7 nitrogen and oxygen atoms in total. The van der Waals surface area contributed by atoms with Crippen molar-refractivity contribution in [3.63, 3.8) is 0 Å². The van der Waals surface area contributed by atoms with Gasteiger partial charge in [0.2, 0.25) is 5.95 Å². The Morgan fingerprint density at radius 1 is 1.27 bits per heavy atom. The molecule has 8 heteroatoms. The molecule has 0 radical (unpaired) electrons. The van der Waals surface area contributed by atoms with Gasteiger partial charge < -0.3 is 19.9 Å². The van der Waals surface area contributed by atoms with E-state index in [1.165, 1.54) is 6.42 Å². The highest BCUT2D eigenvalue weighted by molar-refractivity contribution is 9.10. The molecule has 3 heterocycles. The Hall–Kier alpha value is -2.19. The summed E-state index contributed by atoms with van der Waals surface area (Å²) in [6.07, 6.45) is 4.07. The van der Waals surface area contributed by atoms with Gasteiger partial charge in [0.1, 0.15) is 17.1 Å². The number of aromatic nitrogens is 4. The molecule has 136 valence electrons. The van der Waals surface area contributed by atoms with Crippen LogP contribution in [0.2, 0.25) is 0 Å². The van der Waals surface area contributed by atoms with Gasteiger partial charge >= 0.3 is 0 Å². The Morgan fingerprint density at radius 2 is 2.12 bits per heavy atom. The Bertz CT molecular complexity index is 956. The Morgan fingerprint density at radius 3 is 2.88 bits per heavy atom. The van der Waals surface area contributed by atoms with Gasteiger partial charge in [-0.1, -0.05) is 15.9 Å². The number of rotatable bonds is 3. The molecule has 2 aromatic heterocycles. The summed E-state index contributed by atoms with van der Waals surface area (Å²) in [7, 11) is 4.03. The van der Waals surface area contributed by atoms with E-state index in [2.05, 4.69) is 48.1 Å². The number of hydrogen-bond acceptors (Lipinski definition) is 6. The number of likely N-dealkylation sites (N-methyl/N-ethyl adjacent to an activating group) is 1. The number of phenols is 1. The van der Waals surface area contributed by atoms with Crippen LogP contribution in [-0.2, 0) is 7.05 Å². The Balaban J connectivity index is 1.66. The van der Waals surface area contributed by atoms with Crippen molar-refractivity contribution in [3.8, 4) is 17.1 Å². The molecular weight excluding hydrogens is 396 g/mol. The van der Waals surface area contributed by atoms with Crippen molar-refractivity contribution in [2.75, 3.05) is 25.5 Å². The van der Waals surface area contributed by atoms with E-state index in [4.69, 9.17) is 0 Å². The van der Waals surface area contributed by atoms with Crippen LogP contribution in [0.3, 0.4) is 0 Å². The summed E-state index contributed by atoms with van der Waals surface area (Å²) in [6.45, 7) is 2.12. The van der Waals surface area contributed by atoms with Crippen molar-refractivity contribution in [3.05, 3.63) is 28.9 Å². The molecule has 1 fully saturated rings. The van der Waals surface area contributed by atoms with Crippen LogP contribution in [0.15, 0.2) is 28.9 Å². The third-order valence-electron chi connectivity index (χ3n) is 4.80. The van der Waals surface area contributed by atoms with Crippen LogP contribution in [0.1, 0.15) is 12.8 Å². The minimum absolute atomic E-state index is 0.175. The number of anilines is 1. The molecule has 0 unspecified atom stereocenters. The van der Waals surface area contributed by atoms with E-state index < -0.39 is 0 Å². The van der Waals surface area contributed by atoms with Gasteiger partial charge in [-0.25, -0.2) is 9.97 Å². The number of imidazole rings is 1. The number of hydrogen-bond donors (Lipinski definition) is 2. The summed E-state index contributed by atoms with van der Waals surface area (Å²) in [6, 6.07) is 5.73. The van der Waals surface area contributed by atoms with Crippen molar-refractivity contribution in [1.29, 1.82) is 0 Å². The number of likely N-dealkylation sites (tertiary alicyclic amines) is 1. The van der Waals surface area contributed by atoms with Crippen molar-refractivity contribution < 1.29 is 5.11 Å². The normalized spacial score (nSPS) is 18.3. The van der Waals surface area contributed by atoms with Crippen molar-refractivity contribution in [2.45, 2.75) is 18.9 Å². The molecule has 1 atom stereocenters. The van der Waals surface area contributed by atoms with Gasteiger partial charge in [-0.3, -0.25) is 0 Å². The minimum atomic E-state index is 0.175. The van der Waals surface area contributed by atoms with E-state index in [1.54, 1.807) is 12.3 Å². The summed E-state index contributed by atoms with van der Waals surface area (Å²) < 4.78 is 2.72. The summed E-state index contributed by atoms with van der Waals surface area (Å²) in [5.74, 6) is 1.44. The third-order valence-corrected chi connectivity index (χ3v) is 5.29. The first kappa shape index (κ1) is 17.2. The van der Waals surface area contributed by atoms with Crippen LogP contribution in [0, 0.1) is 0 Å². The lowest BCUT2D eigenvalue weighted by Crippen LogP contribution is -2.40. The van der Waals surface area contributed by atoms with Gasteiger partial charge in [-0.05, 0) is 44.6 Å². The number of nitrogens with zero attached hydrogens (tertiary/aromatic N) is 5. The first-order valence-corrected chi connectivity index (χ1v) is 9.44. The molecule has 0 amide bonds. The molecule has 1 aliphatic rings. The van der Waals surface area contributed by atoms with Crippen LogP contribution in [0.25, 0.3) is 22.6 Å². The maximum Gasteiger partial charge on any atom is 0.225 e. The second-order valence-corrected chi connectivity index (χ2v) is 7.72. The number of fused-ring (bicyclic) bond motifs is 1. The zero-order valence-corrected chi connectivity index (χ0v) is 16.4. The molecule has 0 saturated carbocycles. The molecule has 1 aliphatic heterocycles. The number of halogens is 1. The molecule has 1 saturated heterocycles. The SMILES string of the molecule is CN1CCC[C@@H](Nc2ncc3c(n2)nc(-c2ccc(Br)cc2O)n3C)C1. The third kappa shape index (κ3) is 3.26. The summed E-state index contributed by atoms with van der Waals surface area (Å²) >= 11 is 3.36. The number of aromatic hydroxyl groups is 1. The molecule has 0 aliphatic carbocycles. The Kier molecular flexibility index (Phi) is 4.54. The number of piperidine rings is 1. The minimum Gasteiger partial charge on any atom is -0.507 e. The van der Waals surface area contributed by atoms with Crippen LogP contribution in [0.4, 0.5) is 5.95 Å². The monoisotopic (exact) mass is 416 g/mol. The van der Waals surface area contributed by atoms with Gasteiger partial charge in [0.15, 0.2) is 5.65 Å². The summed E-state index contributed by atoms with van der Waals surface area (Å²) in [5.41, 5.74) is 2.11. The predicted octanol–water partition coefficient (Wildman–Crippen LogP) is 3.00. The van der Waals surface area contributed by atoms with E-state index in [9.17, 15) is 5.11 Å². The summed E-state index contributed by atoms with van der Waals surface area (Å²) in [4.78, 5) is 16.0. The van der Waals surface area contributed by atoms with Gasteiger partial charge in [-0.2, -0.15) is 4.98 Å². The second-order valence-electron chi connectivity index (χ2n) is 6.80. The van der Waals surface area contributed by atoms with Crippen molar-refractivity contribution in [2.24, 2.45) is 7.05 Å². The van der Waals surface area contributed by atoms with E-state index in [0.717, 1.165) is 29.5 Å². The maximum absolute atomic E-state index is 10.3. The first-order chi connectivity index (χ1) is 12.5. The van der Waals surface area contributed by atoms with Gasteiger partial charge in [0.05, 0.1) is 11.8 Å². The zero-order chi connectivity index (χ0) is 18.3. The lowest BCUT2D eigenvalue weighted by atomic mass is 10.1. The van der Waals surface area contributed by atoms with E-state index in [1.807, 2.05) is 23.7 Å². The molecule has 0 spiro atoms. The van der Waals surface area contributed by atoms with Gasteiger partial charge in [-0.15, -0.1) is 0 Å². The van der Waals surface area contributed by atoms with E-state index >= 15 is 0 Å². The molecule has 3 aromatic rings. The van der Waals surface area contributed by atoms with E-state index in [-0.39, 0.29) is 5.75 Å². The van der Waals surface area contributed by atoms with Gasteiger partial charge in [0.25, 0.3) is 0 Å². The van der Waals surface area contributed by atoms with Crippen LogP contribution in [0.5, 0.6) is 5.75 Å². The molecular formula is C18H21BrN6O. The number of nitrogens with one attached hydrogen (secondary N) is 1. The fraction of sp³-hybridized carbons (Fsp3) is 0.389. The highest BCUT2D eigenvalue weighted by Crippen LogP contribution is 2.32. The van der Waals surface area contributed by atoms with Gasteiger partial charge in [0, 0.05) is 24.1 Å². The smallest absolute Gasteiger partial charge is 0.225 e. The second kappa shape index (κ2) is 6.85. The Labute approximate surface area is 160 Å². The lowest BCUT2D eigenvalue weighted by Gasteiger charge is -2.30. The average molecular weight is 417 g/mol. The number of phenolic OH excluding ortho intramolecular Hbond substituents is 1. The summed E-state index contributed by atoms with van der Waals surface area (Å²) in [5, 5.41) is 13.7. The quantitative estimate of drug-likeness (QED) is 0.682. The average Bonchev–Trinajstić information content (AvgIpc) is 2.91. The standard InChI is InChI=1S/C18H21BrN6O/c1-24-7-3-4-12(10-24)21-18-20-9-14-16(23-18)22-17(25(14)2)13-6-5-11(19)8-15(13)26/h5-6,8-9,12,26H,3-4,7,10H2,1-2H3,(H,20,21,23)/t12-/m1/s1. The van der Waals surface area contributed by atoms with Crippen molar-refractivity contribution in [1.82, 2.24) is 24.4 Å². The molecule has 4 rings (SSSR count). The van der Waals surface area contributed by atoms with Crippen LogP contribution in [-0.4, -0.2) is 55.7 Å². The maximum atomic E-state index is 10.3. The largest absolute Gasteiger partial charge is 0.507 e. The lowest BCUT2D eigenvalue weighted by molar-refractivity contribution is 0.260. The molecule has 0 bridgehead atoms. The van der Waals surface area contributed by atoms with Crippen LogP contribution >= 0.6 is 15.9 Å². The molecule has 1 aromatic carbocycles. The number of benzene rings is 1. The van der Waals surface area contributed by atoms with Crippen molar-refractivity contribution >= 4 is 33.0 Å². The van der Waals surface area contributed by atoms with E-state index in [0.29, 0.717) is 29.0 Å². The fourth-order valence-corrected chi connectivity index (χ4v) is 3.79. The predicted molar refractivity (Wildman–Crippen MR) is 105 cm³/mol. The highest BCUT2D eigenvalue weighted by atomic mass is 79.9. The fourth-order valence-electron chi connectivity index (χ4n) is 3.45. The van der Waals surface area contributed by atoms with Crippen LogP contribution < -0.4 is 5.32 Å². The first-order valence-electron chi connectivity index (χ1n) is 8.64. The molecule has 26 heavy (non-hydrogen) atoms. The topological polar surface area (TPSA) is 79.1 Å². The highest BCUT2D eigenvalue weighted by Gasteiger charge is 2.19.